The second-order valence-electron chi connectivity index (χ2n) is 7.90. The molecule has 1 N–H and O–H groups in total. The van der Waals surface area contributed by atoms with E-state index in [1.165, 1.54) is 30.3 Å². The van der Waals surface area contributed by atoms with Gasteiger partial charge in [-0.15, -0.1) is 0 Å². The molecule has 1 saturated heterocycles. The van der Waals surface area contributed by atoms with Crippen LogP contribution in [0.4, 0.5) is 14.9 Å². The maximum absolute atomic E-state index is 13.0. The molecular weight excluding hydrogens is 571 g/mol. The highest BCUT2D eigenvalue weighted by Gasteiger charge is 2.37. The smallest absolute Gasteiger partial charge is 0.326 e. The Morgan fingerprint density at radius 1 is 1.14 bits per heavy atom. The molecular formula is C25H24BrFN2O7S. The van der Waals surface area contributed by atoms with Gasteiger partial charge in [0, 0.05) is 10.2 Å². The second-order valence-corrected chi connectivity index (χ2v) is 9.75. The molecule has 0 radical (unpaired) electrons. The lowest BCUT2D eigenvalue weighted by Gasteiger charge is -2.14. The number of hydrogen-bond donors (Lipinski definition) is 1. The number of amides is 3. The van der Waals surface area contributed by atoms with Crippen molar-refractivity contribution in [2.75, 3.05) is 25.1 Å². The first-order valence-corrected chi connectivity index (χ1v) is 12.8. The molecule has 0 aromatic heterocycles. The molecule has 37 heavy (non-hydrogen) atoms. The van der Waals surface area contributed by atoms with E-state index in [0.717, 1.165) is 4.90 Å². The SMILES string of the molecule is CCOc1cc(/C=C2/SC(=O)N(CC(=O)OC(C)C)C2=O)c(Br)cc1OCC(=O)Nc1ccc(F)cc1. The number of thioether (sulfide) groups is 1. The summed E-state index contributed by atoms with van der Waals surface area (Å²) in [7, 11) is 0. The van der Waals surface area contributed by atoms with Gasteiger partial charge in [-0.25, -0.2) is 4.39 Å². The summed E-state index contributed by atoms with van der Waals surface area (Å²) in [5.74, 6) is -1.59. The topological polar surface area (TPSA) is 111 Å². The van der Waals surface area contributed by atoms with Gasteiger partial charge in [0.15, 0.2) is 18.1 Å². The molecule has 1 aliphatic heterocycles. The summed E-state index contributed by atoms with van der Waals surface area (Å²) < 4.78 is 29.8. The van der Waals surface area contributed by atoms with Gasteiger partial charge in [-0.2, -0.15) is 0 Å². The minimum absolute atomic E-state index is 0.123. The van der Waals surface area contributed by atoms with Crippen molar-refractivity contribution in [3.63, 3.8) is 0 Å². The van der Waals surface area contributed by atoms with Gasteiger partial charge in [0.05, 0.1) is 17.6 Å². The molecule has 1 aliphatic rings. The second kappa shape index (κ2) is 12.7. The lowest BCUT2D eigenvalue weighted by Crippen LogP contribution is -2.35. The summed E-state index contributed by atoms with van der Waals surface area (Å²) in [6.07, 6.45) is 1.13. The van der Waals surface area contributed by atoms with Crippen molar-refractivity contribution in [1.82, 2.24) is 4.90 Å². The number of halogens is 2. The Morgan fingerprint density at radius 3 is 2.46 bits per heavy atom. The van der Waals surface area contributed by atoms with Crippen LogP contribution in [0, 0.1) is 5.82 Å². The summed E-state index contributed by atoms with van der Waals surface area (Å²) in [6, 6.07) is 8.49. The lowest BCUT2D eigenvalue weighted by molar-refractivity contribution is -0.149. The molecule has 196 valence electrons. The van der Waals surface area contributed by atoms with Crippen molar-refractivity contribution in [1.29, 1.82) is 0 Å². The fourth-order valence-electron chi connectivity index (χ4n) is 3.12. The predicted molar refractivity (Wildman–Crippen MR) is 140 cm³/mol. The van der Waals surface area contributed by atoms with Crippen LogP contribution in [0.1, 0.15) is 26.3 Å². The van der Waals surface area contributed by atoms with Crippen molar-refractivity contribution in [3.05, 3.63) is 57.2 Å². The Hall–Kier alpha value is -3.38. The molecule has 0 atom stereocenters. The third-order valence-electron chi connectivity index (χ3n) is 4.66. The molecule has 1 heterocycles. The zero-order chi connectivity index (χ0) is 27.1. The van der Waals surface area contributed by atoms with E-state index in [1.807, 2.05) is 0 Å². The molecule has 1 fully saturated rings. The largest absolute Gasteiger partial charge is 0.490 e. The highest BCUT2D eigenvalue weighted by atomic mass is 79.9. The number of rotatable bonds is 10. The van der Waals surface area contributed by atoms with Gasteiger partial charge < -0.3 is 19.5 Å². The fraction of sp³-hybridized carbons (Fsp3) is 0.280. The molecule has 9 nitrogen and oxygen atoms in total. The van der Waals surface area contributed by atoms with E-state index < -0.39 is 35.4 Å². The van der Waals surface area contributed by atoms with Crippen molar-refractivity contribution in [3.8, 4) is 11.5 Å². The van der Waals surface area contributed by atoms with E-state index in [9.17, 15) is 23.6 Å². The highest BCUT2D eigenvalue weighted by Crippen LogP contribution is 2.38. The van der Waals surface area contributed by atoms with Crippen LogP contribution in [0.15, 0.2) is 45.8 Å². The number of benzene rings is 2. The van der Waals surface area contributed by atoms with E-state index in [1.54, 1.807) is 32.9 Å². The number of esters is 1. The van der Waals surface area contributed by atoms with Crippen molar-refractivity contribution >= 4 is 62.5 Å². The van der Waals surface area contributed by atoms with Crippen LogP contribution >= 0.6 is 27.7 Å². The first kappa shape index (κ1) is 28.2. The number of carbonyl (C=O) groups excluding carboxylic acids is 4. The molecule has 0 aliphatic carbocycles. The van der Waals surface area contributed by atoms with E-state index in [2.05, 4.69) is 21.2 Å². The fourth-order valence-corrected chi connectivity index (χ4v) is 4.39. The Labute approximate surface area is 225 Å². The van der Waals surface area contributed by atoms with Crippen LogP contribution in [0.25, 0.3) is 6.08 Å². The van der Waals surface area contributed by atoms with E-state index in [0.29, 0.717) is 39.8 Å². The van der Waals surface area contributed by atoms with Gasteiger partial charge in [-0.3, -0.25) is 24.1 Å². The molecule has 3 rings (SSSR count). The Kier molecular flexibility index (Phi) is 9.70. The van der Waals surface area contributed by atoms with Gasteiger partial charge in [-0.05, 0) is 80.6 Å². The first-order valence-electron chi connectivity index (χ1n) is 11.2. The quantitative estimate of drug-likeness (QED) is 0.302. The predicted octanol–water partition coefficient (Wildman–Crippen LogP) is 4.99. The van der Waals surface area contributed by atoms with Crippen molar-refractivity contribution < 1.29 is 37.8 Å². The third-order valence-corrected chi connectivity index (χ3v) is 6.26. The van der Waals surface area contributed by atoms with E-state index in [-0.39, 0.29) is 23.4 Å². The molecule has 0 bridgehead atoms. The number of imide groups is 1. The third kappa shape index (κ3) is 7.80. The molecule has 2 aromatic rings. The minimum Gasteiger partial charge on any atom is -0.490 e. The molecule has 0 saturated carbocycles. The Bertz CT molecular complexity index is 1230. The molecule has 12 heteroatoms. The molecule has 2 aromatic carbocycles. The summed E-state index contributed by atoms with van der Waals surface area (Å²) >= 11 is 4.12. The van der Waals surface area contributed by atoms with Crippen LogP contribution in [0.3, 0.4) is 0 Å². The summed E-state index contributed by atoms with van der Waals surface area (Å²) in [5, 5.41) is 2.02. The number of nitrogens with one attached hydrogen (secondary N) is 1. The average Bonchev–Trinajstić information content (AvgIpc) is 3.08. The van der Waals surface area contributed by atoms with Gasteiger partial charge in [0.2, 0.25) is 0 Å². The van der Waals surface area contributed by atoms with Crippen LogP contribution in [-0.4, -0.2) is 53.8 Å². The standard InChI is InChI=1S/C25H24BrFN2O7S/c1-4-34-19-9-15(10-21-24(32)29(25(33)37-21)12-23(31)36-14(2)3)18(26)11-20(19)35-13-22(30)28-17-7-5-16(27)6-8-17/h5-11,14H,4,12-13H2,1-3H3,(H,28,30)/b21-10+. The lowest BCUT2D eigenvalue weighted by atomic mass is 10.1. The van der Waals surface area contributed by atoms with Crippen molar-refractivity contribution in [2.45, 2.75) is 26.9 Å². The first-order chi connectivity index (χ1) is 17.6. The van der Waals surface area contributed by atoms with Crippen LogP contribution < -0.4 is 14.8 Å². The molecule has 0 unspecified atom stereocenters. The number of ether oxygens (including phenoxy) is 3. The summed E-state index contributed by atoms with van der Waals surface area (Å²) in [5.41, 5.74) is 0.935. The van der Waals surface area contributed by atoms with Gasteiger partial charge in [0.1, 0.15) is 12.4 Å². The maximum atomic E-state index is 13.0. The number of anilines is 1. The summed E-state index contributed by atoms with van der Waals surface area (Å²) in [6.45, 7) is 4.60. The Balaban J connectivity index is 1.74. The van der Waals surface area contributed by atoms with Crippen LogP contribution in [0.5, 0.6) is 11.5 Å². The van der Waals surface area contributed by atoms with Crippen LogP contribution in [0.2, 0.25) is 0 Å². The van der Waals surface area contributed by atoms with Gasteiger partial charge in [0.25, 0.3) is 17.1 Å². The van der Waals surface area contributed by atoms with Crippen molar-refractivity contribution in [2.24, 2.45) is 0 Å². The Morgan fingerprint density at radius 2 is 1.81 bits per heavy atom. The zero-order valence-corrected chi connectivity index (χ0v) is 22.6. The van der Waals surface area contributed by atoms with Gasteiger partial charge in [-0.1, -0.05) is 15.9 Å². The normalized spacial score (nSPS) is 14.3. The number of hydrogen-bond acceptors (Lipinski definition) is 8. The summed E-state index contributed by atoms with van der Waals surface area (Å²) in [4.78, 5) is 50.2. The number of carbonyl (C=O) groups is 4. The van der Waals surface area contributed by atoms with E-state index in [4.69, 9.17) is 14.2 Å². The average molecular weight is 595 g/mol. The maximum Gasteiger partial charge on any atom is 0.326 e. The molecule has 3 amide bonds. The minimum atomic E-state index is -0.677. The molecule has 0 spiro atoms. The van der Waals surface area contributed by atoms with Gasteiger partial charge >= 0.3 is 5.97 Å². The zero-order valence-electron chi connectivity index (χ0n) is 20.2. The van der Waals surface area contributed by atoms with Crippen LogP contribution in [-0.2, 0) is 19.1 Å². The van der Waals surface area contributed by atoms with E-state index >= 15 is 0 Å². The monoisotopic (exact) mass is 594 g/mol. The highest BCUT2D eigenvalue weighted by molar-refractivity contribution is 9.10. The number of nitrogens with zero attached hydrogens (tertiary/aromatic N) is 1.